The molecular formula is C61H57F6N3. The van der Waals surface area contributed by atoms with Crippen LogP contribution in [0.3, 0.4) is 0 Å². The molecule has 3 nitrogen and oxygen atoms in total. The fraction of sp³-hybridized carbons (Fsp3) is 0.295. The van der Waals surface area contributed by atoms with E-state index in [9.17, 15) is 18.4 Å². The number of benzene rings is 7. The van der Waals surface area contributed by atoms with Crippen LogP contribution in [0.4, 0.5) is 26.3 Å². The Labute approximate surface area is 406 Å². The average molecular weight is 946 g/mol. The van der Waals surface area contributed by atoms with E-state index in [1.807, 2.05) is 12.1 Å². The Morgan fingerprint density at radius 1 is 0.357 bits per heavy atom. The van der Waals surface area contributed by atoms with Crippen LogP contribution < -0.4 is 0 Å². The van der Waals surface area contributed by atoms with Gasteiger partial charge in [0.2, 0.25) is 0 Å². The zero-order chi connectivity index (χ0) is 50.8. The number of hydrogen-bond acceptors (Lipinski definition) is 1. The van der Waals surface area contributed by atoms with Gasteiger partial charge in [-0.25, -0.2) is 0 Å². The second-order valence-electron chi connectivity index (χ2n) is 22.9. The van der Waals surface area contributed by atoms with Crippen molar-refractivity contribution in [1.82, 2.24) is 9.13 Å². The van der Waals surface area contributed by atoms with E-state index < -0.39 is 23.5 Å². The third-order valence-corrected chi connectivity index (χ3v) is 13.9. The molecule has 70 heavy (non-hydrogen) atoms. The molecule has 358 valence electrons. The first kappa shape index (κ1) is 48.2. The lowest BCUT2D eigenvalue weighted by Crippen LogP contribution is -2.12. The second-order valence-corrected chi connectivity index (χ2v) is 22.9. The SMILES string of the molecule is CC(C)(C)c1ccc2c(c1)c1cc(C(C)(C)C)ccc1n2-c1cc(C#N)ccc1-c1ccc(-c2ccc(C(F)(F)F)cc2C(F)(F)F)cc1-n1c2ccc(C(C)(C)C)cc2c2cc(C(C)(C)C)ccc21. The van der Waals surface area contributed by atoms with E-state index in [0.29, 0.717) is 34.1 Å². The van der Waals surface area contributed by atoms with Gasteiger partial charge in [0, 0.05) is 32.7 Å². The van der Waals surface area contributed by atoms with Crippen LogP contribution in [0.1, 0.15) is 122 Å². The summed E-state index contributed by atoms with van der Waals surface area (Å²) in [6, 6.07) is 40.3. The van der Waals surface area contributed by atoms with Crippen molar-refractivity contribution in [1.29, 1.82) is 5.26 Å². The maximum atomic E-state index is 15.0. The monoisotopic (exact) mass is 945 g/mol. The molecule has 0 radical (unpaired) electrons. The minimum absolute atomic E-state index is 0.0869. The van der Waals surface area contributed by atoms with E-state index in [-0.39, 0.29) is 38.9 Å². The van der Waals surface area contributed by atoms with Gasteiger partial charge in [0.1, 0.15) is 0 Å². The van der Waals surface area contributed by atoms with Crippen LogP contribution in [0.2, 0.25) is 0 Å². The summed E-state index contributed by atoms with van der Waals surface area (Å²) in [5.41, 5.74) is 7.01. The first-order chi connectivity index (χ1) is 32.4. The molecule has 0 saturated heterocycles. The van der Waals surface area contributed by atoms with Crippen LogP contribution in [0, 0.1) is 11.3 Å². The highest BCUT2D eigenvalue weighted by molar-refractivity contribution is 6.12. The molecule has 9 heteroatoms. The number of alkyl halides is 6. The predicted octanol–water partition coefficient (Wildman–Crippen LogP) is 18.3. The standard InChI is InChI=1S/C61H57F6N3/c1-56(2,3)37-16-23-50-45(29-37)46-30-38(57(4,5)6)17-24-51(46)69(50)54-27-35(34-68)13-20-43(54)44-21-14-36(42-22-15-41(60(62,63)64)33-49(42)61(65,66)67)28-55(44)70-52-25-18-39(58(7,8)9)31-47(52)48-32-40(59(10,11)12)19-26-53(48)70/h13-33H,1-12H3. The average Bonchev–Trinajstić information content (AvgIpc) is 3.78. The van der Waals surface area contributed by atoms with Crippen molar-refractivity contribution in [3.8, 4) is 39.7 Å². The number of hydrogen-bond donors (Lipinski definition) is 0. The van der Waals surface area contributed by atoms with Gasteiger partial charge in [-0.05, 0) is 134 Å². The lowest BCUT2D eigenvalue weighted by Gasteiger charge is -2.22. The molecule has 0 spiro atoms. The van der Waals surface area contributed by atoms with Gasteiger partial charge in [-0.15, -0.1) is 0 Å². The Balaban J connectivity index is 1.44. The van der Waals surface area contributed by atoms with Gasteiger partial charge in [-0.3, -0.25) is 0 Å². The summed E-state index contributed by atoms with van der Waals surface area (Å²) < 4.78 is 91.4. The Morgan fingerprint density at radius 2 is 0.700 bits per heavy atom. The molecule has 2 aromatic heterocycles. The molecule has 0 saturated carbocycles. The third kappa shape index (κ3) is 8.43. The van der Waals surface area contributed by atoms with Crippen LogP contribution in [0.25, 0.3) is 77.2 Å². The topological polar surface area (TPSA) is 33.6 Å². The Hall–Kier alpha value is -6.79. The van der Waals surface area contributed by atoms with E-state index in [2.05, 4.69) is 171 Å². The van der Waals surface area contributed by atoms with Crippen LogP contribution in [0.5, 0.6) is 0 Å². The quantitative estimate of drug-likeness (QED) is 0.162. The molecule has 7 aromatic carbocycles. The second kappa shape index (κ2) is 16.1. The maximum absolute atomic E-state index is 15.0. The van der Waals surface area contributed by atoms with Gasteiger partial charge in [0.05, 0.1) is 56.2 Å². The normalized spacial score (nSPS) is 13.3. The van der Waals surface area contributed by atoms with Crippen molar-refractivity contribution in [3.05, 3.63) is 166 Å². The predicted molar refractivity (Wildman–Crippen MR) is 276 cm³/mol. The molecule has 9 aromatic rings. The zero-order valence-electron chi connectivity index (χ0n) is 41.7. The van der Waals surface area contributed by atoms with E-state index in [1.54, 1.807) is 24.3 Å². The Morgan fingerprint density at radius 3 is 1.04 bits per heavy atom. The van der Waals surface area contributed by atoms with E-state index in [0.717, 1.165) is 71.9 Å². The molecule has 0 unspecified atom stereocenters. The van der Waals surface area contributed by atoms with E-state index >= 15 is 13.2 Å². The number of nitriles is 1. The fourth-order valence-electron chi connectivity index (χ4n) is 9.76. The molecule has 9 rings (SSSR count). The first-order valence-corrected chi connectivity index (χ1v) is 23.6. The van der Waals surface area contributed by atoms with Crippen molar-refractivity contribution in [2.75, 3.05) is 0 Å². The lowest BCUT2D eigenvalue weighted by atomic mass is 9.85. The Bertz CT molecular complexity index is 3470. The molecule has 2 heterocycles. The molecule has 0 aliphatic rings. The highest BCUT2D eigenvalue weighted by atomic mass is 19.4. The van der Waals surface area contributed by atoms with Gasteiger partial charge in [0.15, 0.2) is 0 Å². The summed E-state index contributed by atoms with van der Waals surface area (Å²) in [4.78, 5) is 0. The fourth-order valence-corrected chi connectivity index (χ4v) is 9.76. The molecule has 0 amide bonds. The highest BCUT2D eigenvalue weighted by Gasteiger charge is 2.39. The molecule has 0 aliphatic heterocycles. The minimum atomic E-state index is -5.11. The van der Waals surface area contributed by atoms with Gasteiger partial charge in [-0.1, -0.05) is 132 Å². The van der Waals surface area contributed by atoms with Gasteiger partial charge < -0.3 is 9.13 Å². The summed E-state index contributed by atoms with van der Waals surface area (Å²) in [5, 5.41) is 14.5. The molecule has 0 fully saturated rings. The molecular weight excluding hydrogens is 889 g/mol. The molecule has 0 atom stereocenters. The highest BCUT2D eigenvalue weighted by Crippen LogP contribution is 2.47. The van der Waals surface area contributed by atoms with Crippen molar-refractivity contribution < 1.29 is 26.3 Å². The van der Waals surface area contributed by atoms with Crippen LogP contribution in [0.15, 0.2) is 127 Å². The van der Waals surface area contributed by atoms with Gasteiger partial charge >= 0.3 is 12.4 Å². The largest absolute Gasteiger partial charge is 0.417 e. The summed E-state index contributed by atoms with van der Waals surface area (Å²) in [5.74, 6) is 0. The number of fused-ring (bicyclic) bond motifs is 6. The van der Waals surface area contributed by atoms with Crippen molar-refractivity contribution in [2.45, 2.75) is 117 Å². The maximum Gasteiger partial charge on any atom is 0.417 e. The van der Waals surface area contributed by atoms with Crippen LogP contribution in [-0.2, 0) is 34.0 Å². The number of rotatable bonds is 4. The first-order valence-electron chi connectivity index (χ1n) is 23.6. The summed E-state index contributed by atoms with van der Waals surface area (Å²) in [6.45, 7) is 25.9. The molecule has 0 bridgehead atoms. The van der Waals surface area contributed by atoms with Crippen molar-refractivity contribution >= 4 is 43.6 Å². The van der Waals surface area contributed by atoms with Gasteiger partial charge in [-0.2, -0.15) is 31.6 Å². The smallest absolute Gasteiger partial charge is 0.309 e. The van der Waals surface area contributed by atoms with Crippen LogP contribution >= 0.6 is 0 Å². The molecule has 0 aliphatic carbocycles. The minimum Gasteiger partial charge on any atom is -0.309 e. The summed E-state index contributed by atoms with van der Waals surface area (Å²) in [7, 11) is 0. The summed E-state index contributed by atoms with van der Waals surface area (Å²) in [6.07, 6.45) is -10.1. The third-order valence-electron chi connectivity index (χ3n) is 13.9. The van der Waals surface area contributed by atoms with E-state index in [1.165, 1.54) is 0 Å². The Kier molecular flexibility index (Phi) is 11.1. The van der Waals surface area contributed by atoms with Crippen molar-refractivity contribution in [3.63, 3.8) is 0 Å². The van der Waals surface area contributed by atoms with Crippen molar-refractivity contribution in [2.24, 2.45) is 0 Å². The summed E-state index contributed by atoms with van der Waals surface area (Å²) >= 11 is 0. The van der Waals surface area contributed by atoms with Crippen LogP contribution in [-0.4, -0.2) is 9.13 Å². The zero-order valence-corrected chi connectivity index (χ0v) is 41.7. The lowest BCUT2D eigenvalue weighted by molar-refractivity contribution is -0.142. The van der Waals surface area contributed by atoms with Gasteiger partial charge in [0.25, 0.3) is 0 Å². The number of halogens is 6. The van der Waals surface area contributed by atoms with E-state index in [4.69, 9.17) is 0 Å². The number of nitrogens with zero attached hydrogens (tertiary/aromatic N) is 3. The number of aromatic nitrogens is 2. The molecule has 0 N–H and O–H groups in total.